The minimum Gasteiger partial charge on any atom is -0.296 e. The third-order valence-electron chi connectivity index (χ3n) is 4.03. The van der Waals surface area contributed by atoms with Gasteiger partial charge in [-0.05, 0) is 23.6 Å². The number of piperidine rings is 1. The molecule has 1 aliphatic rings. The van der Waals surface area contributed by atoms with E-state index in [2.05, 4.69) is 10.4 Å². The van der Waals surface area contributed by atoms with Gasteiger partial charge in [-0.1, -0.05) is 24.3 Å². The fourth-order valence-electron chi connectivity index (χ4n) is 3.00. The maximum absolute atomic E-state index is 12.4. The van der Waals surface area contributed by atoms with E-state index in [1.54, 1.807) is 10.9 Å². The largest absolute Gasteiger partial charge is 0.296 e. The van der Waals surface area contributed by atoms with Gasteiger partial charge in [0.2, 0.25) is 11.8 Å². The third kappa shape index (κ3) is 2.46. The fraction of sp³-hybridized carbons (Fsp3) is 0.312. The molecule has 5 heteroatoms. The van der Waals surface area contributed by atoms with Crippen molar-refractivity contribution < 1.29 is 9.59 Å². The molecule has 3 rings (SSSR count). The summed E-state index contributed by atoms with van der Waals surface area (Å²) in [6.45, 7) is 1.99. The number of benzene rings is 1. The van der Waals surface area contributed by atoms with Gasteiger partial charge < -0.3 is 0 Å². The molecule has 1 aliphatic heterocycles. The fourth-order valence-corrected chi connectivity index (χ4v) is 3.00. The number of carbonyl (C=O) groups is 2. The van der Waals surface area contributed by atoms with Gasteiger partial charge in [0.05, 0.1) is 12.1 Å². The number of carbonyl (C=O) groups excluding carboxylic acids is 2. The highest BCUT2D eigenvalue weighted by Gasteiger charge is 2.38. The van der Waals surface area contributed by atoms with Gasteiger partial charge in [-0.3, -0.25) is 19.6 Å². The Morgan fingerprint density at radius 2 is 2.05 bits per heavy atom. The number of nitrogens with one attached hydrogen (secondary N) is 1. The zero-order valence-electron chi connectivity index (χ0n) is 12.0. The second-order valence-corrected chi connectivity index (χ2v) is 5.50. The van der Waals surface area contributed by atoms with Crippen molar-refractivity contribution in [2.24, 2.45) is 7.05 Å². The quantitative estimate of drug-likeness (QED) is 0.852. The van der Waals surface area contributed by atoms with E-state index in [0.29, 0.717) is 6.42 Å². The lowest BCUT2D eigenvalue weighted by atomic mass is 9.76. The minimum absolute atomic E-state index is 0.166. The van der Waals surface area contributed by atoms with Crippen LogP contribution in [0.3, 0.4) is 0 Å². The molecule has 2 unspecified atom stereocenters. The van der Waals surface area contributed by atoms with Crippen molar-refractivity contribution in [1.29, 1.82) is 0 Å². The highest BCUT2D eigenvalue weighted by atomic mass is 16.2. The topological polar surface area (TPSA) is 64.0 Å². The summed E-state index contributed by atoms with van der Waals surface area (Å²) in [6.07, 6.45) is 3.92. The predicted octanol–water partition coefficient (Wildman–Crippen LogP) is 1.64. The van der Waals surface area contributed by atoms with Gasteiger partial charge in [-0.15, -0.1) is 0 Å². The van der Waals surface area contributed by atoms with E-state index in [0.717, 1.165) is 16.7 Å². The summed E-state index contributed by atoms with van der Waals surface area (Å²) in [5.74, 6) is -0.970. The molecule has 1 aromatic carbocycles. The van der Waals surface area contributed by atoms with E-state index in [1.807, 2.05) is 44.4 Å². The Hall–Kier alpha value is -2.43. The first-order chi connectivity index (χ1) is 10.1. The Morgan fingerprint density at radius 1 is 1.29 bits per heavy atom. The molecule has 1 N–H and O–H groups in total. The normalized spacial score (nSPS) is 22.2. The Kier molecular flexibility index (Phi) is 3.33. The molecule has 108 valence electrons. The van der Waals surface area contributed by atoms with Crippen LogP contribution >= 0.6 is 0 Å². The standard InChI is InChI=1S/C16H17N3O2/c1-10-5-3-4-6-12(10)15-13(7-14(20)18-16(15)21)11-8-17-19(2)9-11/h3-6,8-9,13,15H,7H2,1-2H3,(H,18,20,21). The van der Waals surface area contributed by atoms with Gasteiger partial charge in [0.25, 0.3) is 0 Å². The number of nitrogens with zero attached hydrogens (tertiary/aromatic N) is 2. The maximum atomic E-state index is 12.4. The molecule has 21 heavy (non-hydrogen) atoms. The molecule has 1 saturated heterocycles. The lowest BCUT2D eigenvalue weighted by Crippen LogP contribution is -2.43. The number of imide groups is 1. The van der Waals surface area contributed by atoms with Crippen LogP contribution in [0, 0.1) is 6.92 Å². The number of amides is 2. The SMILES string of the molecule is Cc1ccccc1C1C(=O)NC(=O)CC1c1cnn(C)c1. The van der Waals surface area contributed by atoms with Crippen LogP contribution in [0.4, 0.5) is 0 Å². The number of hydrogen-bond donors (Lipinski definition) is 1. The zero-order chi connectivity index (χ0) is 15.0. The van der Waals surface area contributed by atoms with Gasteiger partial charge >= 0.3 is 0 Å². The van der Waals surface area contributed by atoms with E-state index < -0.39 is 0 Å². The highest BCUT2D eigenvalue weighted by molar-refractivity contribution is 6.02. The molecule has 2 atom stereocenters. The van der Waals surface area contributed by atoms with Crippen LogP contribution < -0.4 is 5.32 Å². The van der Waals surface area contributed by atoms with Gasteiger partial charge in [0.1, 0.15) is 0 Å². The summed E-state index contributed by atoms with van der Waals surface area (Å²) < 4.78 is 1.70. The number of aromatic nitrogens is 2. The van der Waals surface area contributed by atoms with Crippen LogP contribution in [0.15, 0.2) is 36.7 Å². The first-order valence-electron chi connectivity index (χ1n) is 6.94. The summed E-state index contributed by atoms with van der Waals surface area (Å²) in [7, 11) is 1.83. The zero-order valence-corrected chi connectivity index (χ0v) is 12.0. The lowest BCUT2D eigenvalue weighted by molar-refractivity contribution is -0.135. The third-order valence-corrected chi connectivity index (χ3v) is 4.03. The number of rotatable bonds is 2. The molecule has 2 aromatic rings. The first-order valence-corrected chi connectivity index (χ1v) is 6.94. The predicted molar refractivity (Wildman–Crippen MR) is 77.6 cm³/mol. The Bertz CT molecular complexity index is 705. The number of hydrogen-bond acceptors (Lipinski definition) is 3. The molecule has 2 heterocycles. The van der Waals surface area contributed by atoms with E-state index in [9.17, 15) is 9.59 Å². The second kappa shape index (κ2) is 5.16. The van der Waals surface area contributed by atoms with Crippen molar-refractivity contribution in [1.82, 2.24) is 15.1 Å². The maximum Gasteiger partial charge on any atom is 0.234 e. The highest BCUT2D eigenvalue weighted by Crippen LogP contribution is 2.39. The molecule has 0 aliphatic carbocycles. The summed E-state index contributed by atoms with van der Waals surface area (Å²) in [5.41, 5.74) is 2.95. The van der Waals surface area contributed by atoms with Crippen molar-refractivity contribution in [2.75, 3.05) is 0 Å². The van der Waals surface area contributed by atoms with E-state index in [4.69, 9.17) is 0 Å². The van der Waals surface area contributed by atoms with Crippen LogP contribution in [0.2, 0.25) is 0 Å². The monoisotopic (exact) mass is 283 g/mol. The Labute approximate surface area is 123 Å². The average molecular weight is 283 g/mol. The van der Waals surface area contributed by atoms with Crippen LogP contribution in [-0.2, 0) is 16.6 Å². The summed E-state index contributed by atoms with van der Waals surface area (Å²) in [6, 6.07) is 7.81. The molecule has 0 spiro atoms. The molecule has 0 radical (unpaired) electrons. The average Bonchev–Trinajstić information content (AvgIpc) is 2.86. The minimum atomic E-state index is -0.354. The summed E-state index contributed by atoms with van der Waals surface area (Å²) in [4.78, 5) is 24.2. The molecule has 1 fully saturated rings. The van der Waals surface area contributed by atoms with Crippen LogP contribution in [0.1, 0.15) is 34.9 Å². The van der Waals surface area contributed by atoms with Gasteiger partial charge in [-0.25, -0.2) is 0 Å². The Balaban J connectivity index is 2.07. The van der Waals surface area contributed by atoms with Crippen molar-refractivity contribution in [2.45, 2.75) is 25.2 Å². The van der Waals surface area contributed by atoms with Gasteiger partial charge in [0.15, 0.2) is 0 Å². The van der Waals surface area contributed by atoms with E-state index >= 15 is 0 Å². The van der Waals surface area contributed by atoms with E-state index in [1.165, 1.54) is 0 Å². The summed E-state index contributed by atoms with van der Waals surface area (Å²) in [5, 5.41) is 6.62. The molecule has 1 aromatic heterocycles. The smallest absolute Gasteiger partial charge is 0.234 e. The van der Waals surface area contributed by atoms with Crippen molar-refractivity contribution in [3.8, 4) is 0 Å². The van der Waals surface area contributed by atoms with Crippen LogP contribution in [0.25, 0.3) is 0 Å². The van der Waals surface area contributed by atoms with Crippen LogP contribution in [0.5, 0.6) is 0 Å². The molecule has 0 saturated carbocycles. The second-order valence-electron chi connectivity index (χ2n) is 5.50. The van der Waals surface area contributed by atoms with Crippen molar-refractivity contribution >= 4 is 11.8 Å². The Morgan fingerprint density at radius 3 is 2.71 bits per heavy atom. The summed E-state index contributed by atoms with van der Waals surface area (Å²) >= 11 is 0. The lowest BCUT2D eigenvalue weighted by Gasteiger charge is -2.30. The van der Waals surface area contributed by atoms with Crippen LogP contribution in [-0.4, -0.2) is 21.6 Å². The van der Waals surface area contributed by atoms with Crippen molar-refractivity contribution in [3.63, 3.8) is 0 Å². The number of aryl methyl sites for hydroxylation is 2. The van der Waals surface area contributed by atoms with E-state index in [-0.39, 0.29) is 23.7 Å². The molecular formula is C16H17N3O2. The molecule has 0 bridgehead atoms. The molecule has 2 amide bonds. The van der Waals surface area contributed by atoms with Gasteiger partial charge in [-0.2, -0.15) is 5.10 Å². The first kappa shape index (κ1) is 13.5. The van der Waals surface area contributed by atoms with Gasteiger partial charge in [0, 0.05) is 25.6 Å². The molecule has 5 nitrogen and oxygen atoms in total. The van der Waals surface area contributed by atoms with Crippen molar-refractivity contribution in [3.05, 3.63) is 53.3 Å². The molecular weight excluding hydrogens is 266 g/mol.